The van der Waals surface area contributed by atoms with Crippen LogP contribution in [0.5, 0.6) is 0 Å². The number of H-pyrrole nitrogens is 1. The monoisotopic (exact) mass is 726 g/mol. The van der Waals surface area contributed by atoms with Crippen molar-refractivity contribution in [3.05, 3.63) is 113 Å². The normalized spacial score (nSPS) is 11.6. The fraction of sp³-hybridized carbons (Fsp3) is 0.355. The van der Waals surface area contributed by atoms with Crippen molar-refractivity contribution in [2.75, 3.05) is 6.61 Å². The minimum atomic E-state index is -1.25. The molecule has 0 aliphatic rings. The summed E-state index contributed by atoms with van der Waals surface area (Å²) in [5, 5.41) is 33.3. The fourth-order valence-corrected chi connectivity index (χ4v) is 5.57. The molecule has 19 nitrogen and oxygen atoms in total. The van der Waals surface area contributed by atoms with E-state index in [2.05, 4.69) is 35.3 Å². The first kappa shape index (κ1) is 36.2. The molecule has 20 heteroatoms. The highest BCUT2D eigenvalue weighted by atomic mass is 35.5. The zero-order chi connectivity index (χ0) is 36.3. The van der Waals surface area contributed by atoms with Gasteiger partial charge in [-0.2, -0.15) is 5.21 Å². The molecule has 0 saturated heterocycles. The van der Waals surface area contributed by atoms with Crippen molar-refractivity contribution in [1.82, 2.24) is 30.2 Å². The number of carbonyl (C=O) groups is 1. The second kappa shape index (κ2) is 17.0. The number of tetrazole rings is 1. The highest BCUT2D eigenvalue weighted by Crippen LogP contribution is 2.30. The molecule has 1 N–H and O–H groups in total. The second-order valence-corrected chi connectivity index (χ2v) is 11.4. The number of hydrogen-bond acceptors (Lipinski definition) is 15. The molecule has 5 aromatic rings. The van der Waals surface area contributed by atoms with Gasteiger partial charge in [0.2, 0.25) is 5.82 Å². The van der Waals surface area contributed by atoms with Crippen LogP contribution in [0.2, 0.25) is 5.15 Å². The van der Waals surface area contributed by atoms with Crippen molar-refractivity contribution >= 4 is 17.6 Å². The number of nitrogens with zero attached hydrogens (tertiary/aromatic N) is 7. The van der Waals surface area contributed by atoms with Gasteiger partial charge >= 0.3 is 11.8 Å². The Morgan fingerprint density at radius 1 is 1.02 bits per heavy atom. The number of ether oxygens (including phenoxy) is 1. The summed E-state index contributed by atoms with van der Waals surface area (Å²) in [6, 6.07) is 15.4. The summed E-state index contributed by atoms with van der Waals surface area (Å²) in [7, 11) is 0. The van der Waals surface area contributed by atoms with Crippen LogP contribution in [0.25, 0.3) is 22.5 Å². The number of esters is 1. The standard InChI is InChI=1S/C31H31ClN8O11/c1-2-3-11-26-33-28(32)27(38(26)16-19-12-14-20(15-13-19)22-8-4-5-9-23(22)29-34-36-37-35-29)30(41)47-18-25-24(49-31(42)50-25)10-6-7-21(51-40(45)46)17-48-39(43)44/h4-5,8-9,12-15,21H,2-3,6-7,10-11,16-18H2,1H3,(H,34,35,36,37)/t21-/m0/s1. The molecule has 3 aromatic heterocycles. The van der Waals surface area contributed by atoms with Gasteiger partial charge in [0, 0.05) is 24.9 Å². The summed E-state index contributed by atoms with van der Waals surface area (Å²) >= 11 is 6.50. The Labute approximate surface area is 292 Å². The number of aromatic nitrogens is 6. The number of imidazole rings is 1. The SMILES string of the molecule is CCCCc1nc(Cl)c(C(=O)OCc2oc(=O)oc2CCC[C@@H](CO[N+](=O)[O-])O[N+](=O)[O-])n1Cc1ccc(-c2ccccc2-c2nn[nH]n2)cc1. The third-order valence-electron chi connectivity index (χ3n) is 7.66. The van der Waals surface area contributed by atoms with E-state index in [0.29, 0.717) is 18.1 Å². The number of aromatic amines is 1. The molecule has 0 fully saturated rings. The summed E-state index contributed by atoms with van der Waals surface area (Å²) in [6.45, 7) is 1.10. The lowest BCUT2D eigenvalue weighted by Gasteiger charge is -2.13. The Morgan fingerprint density at radius 2 is 1.76 bits per heavy atom. The number of nitrogens with one attached hydrogen (secondary N) is 1. The van der Waals surface area contributed by atoms with Crippen LogP contribution in [-0.4, -0.2) is 59.0 Å². The summed E-state index contributed by atoms with van der Waals surface area (Å²) < 4.78 is 17.4. The lowest BCUT2D eigenvalue weighted by molar-refractivity contribution is -0.790. The van der Waals surface area contributed by atoms with Gasteiger partial charge < -0.3 is 27.8 Å². The first-order chi connectivity index (χ1) is 24.6. The largest absolute Gasteiger partial charge is 0.519 e. The van der Waals surface area contributed by atoms with E-state index in [1.807, 2.05) is 55.5 Å². The highest BCUT2D eigenvalue weighted by Gasteiger charge is 2.25. The van der Waals surface area contributed by atoms with E-state index in [1.165, 1.54) is 0 Å². The van der Waals surface area contributed by atoms with Gasteiger partial charge in [-0.15, -0.1) is 30.4 Å². The molecule has 3 heterocycles. The molecule has 2 aromatic carbocycles. The number of benzene rings is 2. The molecule has 5 rings (SSSR count). The van der Waals surface area contributed by atoms with Gasteiger partial charge in [0.1, 0.15) is 18.5 Å². The molecule has 51 heavy (non-hydrogen) atoms. The van der Waals surface area contributed by atoms with Crippen molar-refractivity contribution in [1.29, 1.82) is 0 Å². The Kier molecular flexibility index (Phi) is 12.1. The fourth-order valence-electron chi connectivity index (χ4n) is 5.29. The van der Waals surface area contributed by atoms with Crippen molar-refractivity contribution in [2.45, 2.75) is 64.7 Å². The van der Waals surface area contributed by atoms with Gasteiger partial charge in [0.15, 0.2) is 29.0 Å². The van der Waals surface area contributed by atoms with Crippen molar-refractivity contribution < 1.29 is 38.2 Å². The van der Waals surface area contributed by atoms with Crippen LogP contribution in [0.3, 0.4) is 0 Å². The maximum Gasteiger partial charge on any atom is 0.519 e. The molecule has 0 saturated carbocycles. The summed E-state index contributed by atoms with van der Waals surface area (Å²) in [5.41, 5.74) is 3.48. The Balaban J connectivity index is 1.29. The van der Waals surface area contributed by atoms with Crippen LogP contribution in [0.1, 0.15) is 66.0 Å². The lowest BCUT2D eigenvalue weighted by Crippen LogP contribution is -2.24. The van der Waals surface area contributed by atoms with Crippen LogP contribution in [-0.2, 0) is 40.4 Å². The first-order valence-corrected chi connectivity index (χ1v) is 16.0. The van der Waals surface area contributed by atoms with Gasteiger partial charge in [0.05, 0.1) is 0 Å². The molecular formula is C31H31ClN8O11. The van der Waals surface area contributed by atoms with Crippen molar-refractivity contribution in [3.8, 4) is 22.5 Å². The summed E-state index contributed by atoms with van der Waals surface area (Å²) in [6.07, 6.45) is 1.02. The van der Waals surface area contributed by atoms with E-state index < -0.39 is 41.3 Å². The van der Waals surface area contributed by atoms with Crippen molar-refractivity contribution in [2.24, 2.45) is 0 Å². The average molecular weight is 727 g/mol. The third-order valence-corrected chi connectivity index (χ3v) is 7.92. The number of halogens is 1. The number of hydrogen-bond donors (Lipinski definition) is 1. The predicted molar refractivity (Wildman–Crippen MR) is 174 cm³/mol. The Bertz CT molecular complexity index is 2010. The summed E-state index contributed by atoms with van der Waals surface area (Å²) in [5.74, 6) is -0.905. The van der Waals surface area contributed by atoms with Crippen LogP contribution in [0.4, 0.5) is 0 Å². The molecule has 1 atom stereocenters. The van der Waals surface area contributed by atoms with Gasteiger partial charge in [0.25, 0.3) is 10.2 Å². The number of rotatable bonds is 19. The Morgan fingerprint density at radius 3 is 2.45 bits per heavy atom. The number of unbranched alkanes of at least 4 members (excludes halogenated alkanes) is 1. The maximum atomic E-state index is 13.5. The molecule has 268 valence electrons. The number of aryl methyl sites for hydroxylation is 2. The third kappa shape index (κ3) is 9.53. The smallest absolute Gasteiger partial charge is 0.453 e. The topological polar surface area (TPSA) is 247 Å². The zero-order valence-corrected chi connectivity index (χ0v) is 27.8. The van der Waals surface area contributed by atoms with E-state index >= 15 is 0 Å². The highest BCUT2D eigenvalue weighted by molar-refractivity contribution is 6.32. The van der Waals surface area contributed by atoms with E-state index in [0.717, 1.165) is 35.1 Å². The lowest BCUT2D eigenvalue weighted by atomic mass is 9.98. The van der Waals surface area contributed by atoms with Crippen molar-refractivity contribution in [3.63, 3.8) is 0 Å². The van der Waals surface area contributed by atoms with E-state index in [1.54, 1.807) is 4.57 Å². The predicted octanol–water partition coefficient (Wildman–Crippen LogP) is 4.79. The van der Waals surface area contributed by atoms with Gasteiger partial charge in [-0.05, 0) is 41.2 Å². The maximum absolute atomic E-state index is 13.5. The van der Waals surface area contributed by atoms with Crippen LogP contribution < -0.4 is 5.82 Å². The van der Waals surface area contributed by atoms with E-state index in [9.17, 15) is 29.8 Å². The van der Waals surface area contributed by atoms with Gasteiger partial charge in [-0.3, -0.25) is 0 Å². The summed E-state index contributed by atoms with van der Waals surface area (Å²) in [4.78, 5) is 59.7. The van der Waals surface area contributed by atoms with Crippen LogP contribution in [0.15, 0.2) is 62.2 Å². The van der Waals surface area contributed by atoms with Gasteiger partial charge in [-0.25, -0.2) is 14.6 Å². The van der Waals surface area contributed by atoms with Gasteiger partial charge in [-0.1, -0.05) is 73.5 Å². The second-order valence-electron chi connectivity index (χ2n) is 11.1. The molecule has 0 spiro atoms. The minimum absolute atomic E-state index is 0.00406. The number of carbonyl (C=O) groups excluding carboxylic acids is 1. The molecule has 0 aliphatic heterocycles. The Hall–Kier alpha value is -6.11. The molecule has 0 radical (unpaired) electrons. The molecule has 0 amide bonds. The van der Waals surface area contributed by atoms with Crippen LogP contribution in [0, 0.1) is 20.2 Å². The molecule has 0 bridgehead atoms. The first-order valence-electron chi connectivity index (χ1n) is 15.7. The van der Waals surface area contributed by atoms with E-state index in [-0.39, 0.29) is 48.2 Å². The minimum Gasteiger partial charge on any atom is -0.453 e. The quantitative estimate of drug-likeness (QED) is 0.0683. The van der Waals surface area contributed by atoms with E-state index in [4.69, 9.17) is 25.2 Å². The average Bonchev–Trinajstić information content (AvgIpc) is 3.84. The zero-order valence-electron chi connectivity index (χ0n) is 27.1. The van der Waals surface area contributed by atoms with Crippen LogP contribution >= 0.6 is 11.6 Å². The molecular weight excluding hydrogens is 696 g/mol. The molecule has 0 aliphatic carbocycles. The molecule has 0 unspecified atom stereocenters.